The quantitative estimate of drug-likeness (QED) is 0.636. The predicted molar refractivity (Wildman–Crippen MR) is 61.4 cm³/mol. The van der Waals surface area contributed by atoms with Gasteiger partial charge in [-0.3, -0.25) is 9.59 Å². The third kappa shape index (κ3) is 1.29. The number of aromatic hydroxyl groups is 1. The molecule has 3 rings (SSSR count). The van der Waals surface area contributed by atoms with Gasteiger partial charge < -0.3 is 5.11 Å². The number of fused-ring (bicyclic) bond motifs is 2. The lowest BCUT2D eigenvalue weighted by Crippen LogP contribution is -2.20. The van der Waals surface area contributed by atoms with Gasteiger partial charge in [-0.1, -0.05) is 24.3 Å². The Hall–Kier alpha value is -2.42. The Morgan fingerprint density at radius 2 is 1.24 bits per heavy atom. The molecule has 2 aromatic carbocycles. The first kappa shape index (κ1) is 9.78. The maximum Gasteiger partial charge on any atom is 0.194 e. The highest BCUT2D eigenvalue weighted by atomic mass is 16.3. The summed E-state index contributed by atoms with van der Waals surface area (Å²) in [4.78, 5) is 24.3. The summed E-state index contributed by atoms with van der Waals surface area (Å²) in [5, 5.41) is 9.38. The molecule has 0 unspecified atom stereocenters. The minimum atomic E-state index is -0.217. The first-order valence-corrected chi connectivity index (χ1v) is 5.20. The summed E-state index contributed by atoms with van der Waals surface area (Å²) in [5.41, 5.74) is 1.45. The first-order valence-electron chi connectivity index (χ1n) is 5.20. The maximum atomic E-state index is 12.1. The standard InChI is InChI=1S/C14H8O3/c15-8-5-6-11-12(7-8)14(17)10-4-2-1-3-9(10)13(11)16/h1-7,15H. The number of phenols is 1. The number of phenolic OH excluding ortho intramolecular Hbond substituents is 1. The van der Waals surface area contributed by atoms with Gasteiger partial charge in [-0.2, -0.15) is 0 Å². The van der Waals surface area contributed by atoms with Gasteiger partial charge in [0.25, 0.3) is 0 Å². The summed E-state index contributed by atoms with van der Waals surface area (Å²) >= 11 is 0. The lowest BCUT2D eigenvalue weighted by atomic mass is 9.84. The van der Waals surface area contributed by atoms with Crippen molar-refractivity contribution in [2.24, 2.45) is 0 Å². The van der Waals surface area contributed by atoms with Gasteiger partial charge in [-0.15, -0.1) is 0 Å². The normalized spacial score (nSPS) is 13.2. The van der Waals surface area contributed by atoms with Crippen LogP contribution in [-0.2, 0) is 0 Å². The topological polar surface area (TPSA) is 54.4 Å². The van der Waals surface area contributed by atoms with Crippen LogP contribution in [0, 0.1) is 0 Å². The maximum absolute atomic E-state index is 12.1. The van der Waals surface area contributed by atoms with Crippen molar-refractivity contribution in [1.82, 2.24) is 0 Å². The lowest BCUT2D eigenvalue weighted by molar-refractivity contribution is 0.0979. The van der Waals surface area contributed by atoms with Gasteiger partial charge in [0.15, 0.2) is 11.6 Å². The third-order valence-electron chi connectivity index (χ3n) is 2.91. The highest BCUT2D eigenvalue weighted by Crippen LogP contribution is 2.29. The molecular weight excluding hydrogens is 216 g/mol. The molecule has 0 fully saturated rings. The fourth-order valence-corrected chi connectivity index (χ4v) is 2.09. The van der Waals surface area contributed by atoms with Crippen molar-refractivity contribution in [2.45, 2.75) is 0 Å². The molecule has 1 N–H and O–H groups in total. The summed E-state index contributed by atoms with van der Waals surface area (Å²) in [5.74, 6) is -0.398. The van der Waals surface area contributed by atoms with E-state index in [1.807, 2.05) is 0 Å². The van der Waals surface area contributed by atoms with E-state index in [1.54, 1.807) is 24.3 Å². The number of carbonyl (C=O) groups is 2. The van der Waals surface area contributed by atoms with E-state index in [2.05, 4.69) is 0 Å². The minimum Gasteiger partial charge on any atom is -0.508 e. The highest BCUT2D eigenvalue weighted by molar-refractivity contribution is 6.28. The number of rotatable bonds is 0. The second kappa shape index (κ2) is 3.28. The zero-order valence-electron chi connectivity index (χ0n) is 8.81. The number of benzene rings is 2. The van der Waals surface area contributed by atoms with E-state index in [-0.39, 0.29) is 22.9 Å². The Kier molecular flexibility index (Phi) is 1.89. The van der Waals surface area contributed by atoms with Gasteiger partial charge in [0.2, 0.25) is 0 Å². The van der Waals surface area contributed by atoms with E-state index in [9.17, 15) is 14.7 Å². The predicted octanol–water partition coefficient (Wildman–Crippen LogP) is 2.17. The van der Waals surface area contributed by atoms with Crippen LogP contribution in [0.2, 0.25) is 0 Å². The molecule has 0 bridgehead atoms. The van der Waals surface area contributed by atoms with Crippen molar-refractivity contribution in [3.8, 4) is 5.75 Å². The van der Waals surface area contributed by atoms with E-state index >= 15 is 0 Å². The Bertz CT molecular complexity index is 656. The summed E-state index contributed by atoms with van der Waals surface area (Å²) in [6.45, 7) is 0. The van der Waals surface area contributed by atoms with E-state index < -0.39 is 0 Å². The van der Waals surface area contributed by atoms with Crippen LogP contribution in [0.4, 0.5) is 0 Å². The molecule has 0 spiro atoms. The van der Waals surface area contributed by atoms with Crippen molar-refractivity contribution in [1.29, 1.82) is 0 Å². The van der Waals surface area contributed by atoms with Gasteiger partial charge in [0, 0.05) is 22.3 Å². The molecule has 0 radical (unpaired) electrons. The molecule has 82 valence electrons. The summed E-state index contributed by atoms with van der Waals surface area (Å²) in [6, 6.07) is 11.0. The van der Waals surface area contributed by atoms with Crippen LogP contribution in [0.3, 0.4) is 0 Å². The highest BCUT2D eigenvalue weighted by Gasteiger charge is 2.29. The Labute approximate surface area is 97.3 Å². The van der Waals surface area contributed by atoms with Crippen molar-refractivity contribution in [3.05, 3.63) is 64.7 Å². The second-order valence-corrected chi connectivity index (χ2v) is 3.93. The number of ketones is 2. The van der Waals surface area contributed by atoms with Crippen molar-refractivity contribution >= 4 is 11.6 Å². The molecule has 1 aliphatic rings. The zero-order valence-corrected chi connectivity index (χ0v) is 8.81. The molecule has 0 heterocycles. The molecular formula is C14H8O3. The second-order valence-electron chi connectivity index (χ2n) is 3.93. The number of hydrogen-bond acceptors (Lipinski definition) is 3. The average molecular weight is 224 g/mol. The summed E-state index contributed by atoms with van der Waals surface area (Å²) in [6.07, 6.45) is 0. The number of hydrogen-bond donors (Lipinski definition) is 1. The van der Waals surface area contributed by atoms with E-state index in [0.717, 1.165) is 0 Å². The first-order chi connectivity index (χ1) is 8.18. The molecule has 1 aliphatic carbocycles. The largest absolute Gasteiger partial charge is 0.508 e. The van der Waals surface area contributed by atoms with Crippen LogP contribution in [-0.4, -0.2) is 16.7 Å². The zero-order chi connectivity index (χ0) is 12.0. The van der Waals surface area contributed by atoms with Crippen LogP contribution in [0.5, 0.6) is 5.75 Å². The summed E-state index contributed by atoms with van der Waals surface area (Å²) < 4.78 is 0. The van der Waals surface area contributed by atoms with Crippen LogP contribution in [0.25, 0.3) is 0 Å². The van der Waals surface area contributed by atoms with Gasteiger partial charge in [-0.25, -0.2) is 0 Å². The average Bonchev–Trinajstić information content (AvgIpc) is 2.36. The molecule has 0 saturated carbocycles. The SMILES string of the molecule is O=C1c2ccccc2C(=O)c2cc(O)ccc21. The van der Waals surface area contributed by atoms with Gasteiger partial charge >= 0.3 is 0 Å². The van der Waals surface area contributed by atoms with Gasteiger partial charge in [0.05, 0.1) is 0 Å². The lowest BCUT2D eigenvalue weighted by Gasteiger charge is -2.16. The molecule has 0 atom stereocenters. The molecule has 2 aromatic rings. The monoisotopic (exact) mass is 224 g/mol. The Morgan fingerprint density at radius 3 is 1.88 bits per heavy atom. The van der Waals surface area contributed by atoms with Crippen LogP contribution < -0.4 is 0 Å². The molecule has 0 aliphatic heterocycles. The van der Waals surface area contributed by atoms with Crippen molar-refractivity contribution in [2.75, 3.05) is 0 Å². The van der Waals surface area contributed by atoms with Crippen LogP contribution >= 0.6 is 0 Å². The molecule has 0 aromatic heterocycles. The van der Waals surface area contributed by atoms with Crippen molar-refractivity contribution in [3.63, 3.8) is 0 Å². The molecule has 0 saturated heterocycles. The van der Waals surface area contributed by atoms with Gasteiger partial charge in [-0.05, 0) is 18.2 Å². The van der Waals surface area contributed by atoms with E-state index in [1.165, 1.54) is 18.2 Å². The summed E-state index contributed by atoms with van der Waals surface area (Å²) in [7, 11) is 0. The van der Waals surface area contributed by atoms with E-state index in [0.29, 0.717) is 16.7 Å². The van der Waals surface area contributed by atoms with Crippen molar-refractivity contribution < 1.29 is 14.7 Å². The molecule has 3 nitrogen and oxygen atoms in total. The smallest absolute Gasteiger partial charge is 0.194 e. The fraction of sp³-hybridized carbons (Fsp3) is 0. The molecule has 3 heteroatoms. The molecule has 0 amide bonds. The van der Waals surface area contributed by atoms with Crippen LogP contribution in [0.1, 0.15) is 31.8 Å². The Balaban J connectivity index is 2.33. The van der Waals surface area contributed by atoms with E-state index in [4.69, 9.17) is 0 Å². The number of carbonyl (C=O) groups excluding carboxylic acids is 2. The third-order valence-corrected chi connectivity index (χ3v) is 2.91. The minimum absolute atomic E-state index is 0.00992. The molecule has 17 heavy (non-hydrogen) atoms. The van der Waals surface area contributed by atoms with Gasteiger partial charge in [0.1, 0.15) is 5.75 Å². The fourth-order valence-electron chi connectivity index (χ4n) is 2.09. The van der Waals surface area contributed by atoms with Crippen LogP contribution in [0.15, 0.2) is 42.5 Å². The Morgan fingerprint density at radius 1 is 0.706 bits per heavy atom.